The Kier molecular flexibility index (Phi) is 8.18. The van der Waals surface area contributed by atoms with Gasteiger partial charge in [-0.1, -0.05) is 25.3 Å². The van der Waals surface area contributed by atoms with Crippen LogP contribution in [0.1, 0.15) is 49.8 Å². The number of carbonyl (C=O) groups excluding carboxylic acids is 3. The largest absolute Gasteiger partial charge is 0.350 e. The van der Waals surface area contributed by atoms with Crippen LogP contribution in [0.5, 0.6) is 0 Å². The molecule has 2 N–H and O–H groups in total. The second-order valence-electron chi connectivity index (χ2n) is 7.06. The quantitative estimate of drug-likeness (QED) is 0.633. The molecule has 1 fully saturated rings. The van der Waals surface area contributed by atoms with Gasteiger partial charge in [-0.05, 0) is 24.3 Å². The van der Waals surface area contributed by atoms with Gasteiger partial charge in [0.1, 0.15) is 0 Å². The van der Waals surface area contributed by atoms with Crippen molar-refractivity contribution in [2.24, 2.45) is 0 Å². The zero-order chi connectivity index (χ0) is 20.5. The molecule has 2 aromatic rings. The maximum Gasteiger partial charge on any atom is 0.239 e. The molecule has 2 heterocycles. The van der Waals surface area contributed by atoms with Crippen LogP contribution in [-0.2, 0) is 20.9 Å². The number of hydrogen-bond donors (Lipinski definition) is 2. The van der Waals surface area contributed by atoms with Crippen molar-refractivity contribution in [2.75, 3.05) is 11.9 Å². The molecule has 0 aliphatic heterocycles. The number of thiazole rings is 1. The van der Waals surface area contributed by atoms with Gasteiger partial charge < -0.3 is 15.5 Å². The molecular formula is C20H26N4O3S2. The summed E-state index contributed by atoms with van der Waals surface area (Å²) in [6.45, 7) is 0.516. The zero-order valence-electron chi connectivity index (χ0n) is 16.3. The fourth-order valence-corrected chi connectivity index (χ4v) is 4.64. The van der Waals surface area contributed by atoms with E-state index in [4.69, 9.17) is 0 Å². The second kappa shape index (κ2) is 11.1. The van der Waals surface area contributed by atoms with E-state index in [0.29, 0.717) is 11.7 Å². The Balaban J connectivity index is 1.52. The fourth-order valence-electron chi connectivity index (χ4n) is 3.45. The smallest absolute Gasteiger partial charge is 0.239 e. The minimum absolute atomic E-state index is 0.0446. The van der Waals surface area contributed by atoms with E-state index < -0.39 is 0 Å². The molecule has 2 aromatic heterocycles. The van der Waals surface area contributed by atoms with E-state index in [1.807, 2.05) is 17.5 Å². The van der Waals surface area contributed by atoms with Crippen molar-refractivity contribution in [3.63, 3.8) is 0 Å². The Labute approximate surface area is 178 Å². The predicted molar refractivity (Wildman–Crippen MR) is 115 cm³/mol. The van der Waals surface area contributed by atoms with Crippen molar-refractivity contribution in [3.05, 3.63) is 34.0 Å². The van der Waals surface area contributed by atoms with Crippen molar-refractivity contribution >= 4 is 45.5 Å². The highest BCUT2D eigenvalue weighted by molar-refractivity contribution is 7.13. The zero-order valence-corrected chi connectivity index (χ0v) is 17.9. The van der Waals surface area contributed by atoms with Gasteiger partial charge in [0.05, 0.1) is 13.1 Å². The van der Waals surface area contributed by atoms with E-state index in [0.717, 1.165) is 30.6 Å². The van der Waals surface area contributed by atoms with Gasteiger partial charge in [0.25, 0.3) is 0 Å². The summed E-state index contributed by atoms with van der Waals surface area (Å²) in [5.41, 5.74) is 0. The maximum absolute atomic E-state index is 12.9. The molecule has 0 aromatic carbocycles. The summed E-state index contributed by atoms with van der Waals surface area (Å²) < 4.78 is 0. The van der Waals surface area contributed by atoms with Crippen molar-refractivity contribution < 1.29 is 14.4 Å². The Morgan fingerprint density at radius 2 is 1.90 bits per heavy atom. The van der Waals surface area contributed by atoms with E-state index in [2.05, 4.69) is 15.6 Å². The van der Waals surface area contributed by atoms with Gasteiger partial charge in [0.2, 0.25) is 17.7 Å². The number of rotatable bonds is 9. The van der Waals surface area contributed by atoms with Gasteiger partial charge in [0.15, 0.2) is 5.13 Å². The summed E-state index contributed by atoms with van der Waals surface area (Å²) in [6, 6.07) is 3.99. The van der Waals surface area contributed by atoms with E-state index in [9.17, 15) is 14.4 Å². The average molecular weight is 435 g/mol. The van der Waals surface area contributed by atoms with E-state index in [-0.39, 0.29) is 43.1 Å². The summed E-state index contributed by atoms with van der Waals surface area (Å²) >= 11 is 2.92. The monoisotopic (exact) mass is 434 g/mol. The van der Waals surface area contributed by atoms with Gasteiger partial charge in [0, 0.05) is 35.3 Å². The molecule has 1 saturated carbocycles. The topological polar surface area (TPSA) is 91.4 Å². The van der Waals surface area contributed by atoms with Gasteiger partial charge in [-0.25, -0.2) is 4.98 Å². The first-order valence-corrected chi connectivity index (χ1v) is 11.7. The highest BCUT2D eigenvalue weighted by Crippen LogP contribution is 2.23. The summed E-state index contributed by atoms with van der Waals surface area (Å²) in [4.78, 5) is 44.2. The molecule has 0 saturated heterocycles. The number of carbonyl (C=O) groups is 3. The molecule has 29 heavy (non-hydrogen) atoms. The molecule has 9 heteroatoms. The molecule has 0 unspecified atom stereocenters. The first-order valence-electron chi connectivity index (χ1n) is 9.89. The first-order chi connectivity index (χ1) is 14.1. The van der Waals surface area contributed by atoms with Crippen LogP contribution in [0, 0.1) is 0 Å². The van der Waals surface area contributed by atoms with Crippen LogP contribution in [0.4, 0.5) is 5.13 Å². The Morgan fingerprint density at radius 3 is 2.59 bits per heavy atom. The van der Waals surface area contributed by atoms with E-state index in [1.54, 1.807) is 27.8 Å². The number of hydrogen-bond acceptors (Lipinski definition) is 6. The molecule has 0 bridgehead atoms. The maximum atomic E-state index is 12.9. The molecule has 0 radical (unpaired) electrons. The third-order valence-electron chi connectivity index (χ3n) is 4.93. The number of nitrogens with one attached hydrogen (secondary N) is 2. The van der Waals surface area contributed by atoms with Crippen LogP contribution >= 0.6 is 22.7 Å². The predicted octanol–water partition coefficient (Wildman–Crippen LogP) is 3.40. The fraction of sp³-hybridized carbons (Fsp3) is 0.500. The lowest BCUT2D eigenvalue weighted by molar-refractivity contribution is -0.139. The Morgan fingerprint density at radius 1 is 1.07 bits per heavy atom. The molecular weight excluding hydrogens is 408 g/mol. The van der Waals surface area contributed by atoms with Crippen LogP contribution in [0.3, 0.4) is 0 Å². The molecule has 3 amide bonds. The number of aromatic nitrogens is 1. The Bertz CT molecular complexity index is 787. The molecule has 0 atom stereocenters. The third kappa shape index (κ3) is 6.93. The number of nitrogens with zero attached hydrogens (tertiary/aromatic N) is 2. The van der Waals surface area contributed by atoms with E-state index >= 15 is 0 Å². The van der Waals surface area contributed by atoms with Crippen LogP contribution in [0.15, 0.2) is 29.1 Å². The SMILES string of the molecule is O=C(CN(C(=O)CCC(=O)Nc1nccs1)C1CCCCC1)NCc1cccs1. The molecule has 7 nitrogen and oxygen atoms in total. The first kappa shape index (κ1) is 21.4. The van der Waals surface area contributed by atoms with Crippen LogP contribution in [-0.4, -0.2) is 40.2 Å². The average Bonchev–Trinajstić information content (AvgIpc) is 3.43. The normalized spacial score (nSPS) is 14.3. The minimum Gasteiger partial charge on any atom is -0.350 e. The molecule has 156 valence electrons. The summed E-state index contributed by atoms with van der Waals surface area (Å²) in [6.07, 6.45) is 6.91. The lowest BCUT2D eigenvalue weighted by Gasteiger charge is -2.34. The summed E-state index contributed by atoms with van der Waals surface area (Å²) in [7, 11) is 0. The van der Waals surface area contributed by atoms with Gasteiger partial charge in [-0.2, -0.15) is 0 Å². The van der Waals surface area contributed by atoms with Crippen LogP contribution in [0.25, 0.3) is 0 Å². The van der Waals surface area contributed by atoms with Crippen LogP contribution < -0.4 is 10.6 Å². The summed E-state index contributed by atoms with van der Waals surface area (Å²) in [5, 5.41) is 9.86. The molecule has 1 aliphatic carbocycles. The van der Waals surface area contributed by atoms with Crippen molar-refractivity contribution in [2.45, 2.75) is 57.5 Å². The Hall–Kier alpha value is -2.26. The van der Waals surface area contributed by atoms with Crippen molar-refractivity contribution in [3.8, 4) is 0 Å². The third-order valence-corrected chi connectivity index (χ3v) is 6.50. The highest BCUT2D eigenvalue weighted by Gasteiger charge is 2.27. The standard InChI is InChI=1S/C20H26N4O3S2/c25-17(23-20-21-10-12-29-20)8-9-19(27)24(15-5-2-1-3-6-15)14-18(26)22-13-16-7-4-11-28-16/h4,7,10-12,15H,1-3,5-6,8-9,13-14H2,(H,22,26)(H,21,23,25). The second-order valence-corrected chi connectivity index (χ2v) is 8.98. The number of anilines is 1. The highest BCUT2D eigenvalue weighted by atomic mass is 32.1. The number of thiophene rings is 1. The van der Waals surface area contributed by atoms with Crippen molar-refractivity contribution in [1.29, 1.82) is 0 Å². The summed E-state index contributed by atoms with van der Waals surface area (Å²) in [5.74, 6) is -0.541. The lowest BCUT2D eigenvalue weighted by atomic mass is 9.94. The van der Waals surface area contributed by atoms with Gasteiger partial charge >= 0.3 is 0 Å². The van der Waals surface area contributed by atoms with Crippen molar-refractivity contribution in [1.82, 2.24) is 15.2 Å². The number of amides is 3. The van der Waals surface area contributed by atoms with Gasteiger partial charge in [-0.3, -0.25) is 14.4 Å². The van der Waals surface area contributed by atoms with Crippen LogP contribution in [0.2, 0.25) is 0 Å². The minimum atomic E-state index is -0.237. The molecule has 1 aliphatic rings. The molecule has 3 rings (SSSR count). The lowest BCUT2D eigenvalue weighted by Crippen LogP contribution is -2.47. The molecule has 0 spiro atoms. The van der Waals surface area contributed by atoms with E-state index in [1.165, 1.54) is 17.8 Å². The van der Waals surface area contributed by atoms with Gasteiger partial charge in [-0.15, -0.1) is 22.7 Å².